The summed E-state index contributed by atoms with van der Waals surface area (Å²) in [5.41, 5.74) is 6.83. The highest BCUT2D eigenvalue weighted by molar-refractivity contribution is 14.1. The van der Waals surface area contributed by atoms with Crippen molar-refractivity contribution < 1.29 is 9.53 Å². The molecule has 196 valence electrons. The summed E-state index contributed by atoms with van der Waals surface area (Å²) in [6.45, 7) is 4.80. The molecule has 1 amide bonds. The van der Waals surface area contributed by atoms with Gasteiger partial charge in [-0.05, 0) is 52.8 Å². The number of rotatable bonds is 5. The van der Waals surface area contributed by atoms with Gasteiger partial charge in [0.25, 0.3) is 0 Å². The molecule has 3 aromatic carbocycles. The number of fused-ring (bicyclic) bond motifs is 1. The van der Waals surface area contributed by atoms with Gasteiger partial charge in [0.15, 0.2) is 5.65 Å². The first-order chi connectivity index (χ1) is 19.1. The summed E-state index contributed by atoms with van der Waals surface area (Å²) in [4.78, 5) is 21.9. The van der Waals surface area contributed by atoms with Crippen LogP contribution >= 0.6 is 22.6 Å². The molecule has 0 atom stereocenters. The van der Waals surface area contributed by atoms with Gasteiger partial charge in [-0.25, -0.2) is 9.78 Å². The van der Waals surface area contributed by atoms with Crippen LogP contribution < -0.4 is 4.90 Å². The molecular weight excluding hydrogens is 601 g/mol. The van der Waals surface area contributed by atoms with E-state index >= 15 is 0 Å². The monoisotopic (exact) mass is 629 g/mol. The molecule has 39 heavy (non-hydrogen) atoms. The van der Waals surface area contributed by atoms with Crippen LogP contribution in [0.4, 0.5) is 10.6 Å². The lowest BCUT2D eigenvalue weighted by atomic mass is 10.1. The minimum Gasteiger partial charge on any atom is -0.445 e. The first-order valence-corrected chi connectivity index (χ1v) is 14.1. The van der Waals surface area contributed by atoms with Gasteiger partial charge in [-0.2, -0.15) is 9.61 Å². The van der Waals surface area contributed by atoms with Crippen LogP contribution in [-0.2, 0) is 11.3 Å². The molecule has 0 unspecified atom stereocenters. The molecule has 1 fully saturated rings. The second kappa shape index (κ2) is 11.1. The molecule has 2 aromatic heterocycles. The molecular formula is C31H28IN5O2. The number of carbonyl (C=O) groups excluding carboxylic acids is 1. The second-order valence-electron chi connectivity index (χ2n) is 9.59. The van der Waals surface area contributed by atoms with E-state index in [1.165, 1.54) is 0 Å². The number of nitrogens with zero attached hydrogens (tertiary/aromatic N) is 5. The third-order valence-corrected chi connectivity index (χ3v) is 7.67. The van der Waals surface area contributed by atoms with Crippen molar-refractivity contribution in [1.29, 1.82) is 0 Å². The summed E-state index contributed by atoms with van der Waals surface area (Å²) in [5, 5.41) is 4.94. The summed E-state index contributed by atoms with van der Waals surface area (Å²) in [5.74, 6) is 0.969. The van der Waals surface area contributed by atoms with E-state index in [9.17, 15) is 4.79 Å². The first kappa shape index (κ1) is 25.4. The molecule has 0 bridgehead atoms. The van der Waals surface area contributed by atoms with Gasteiger partial charge in [0, 0.05) is 46.9 Å². The molecule has 6 rings (SSSR count). The largest absolute Gasteiger partial charge is 0.445 e. The van der Waals surface area contributed by atoms with Crippen LogP contribution in [0.15, 0.2) is 91.0 Å². The number of anilines is 1. The smallest absolute Gasteiger partial charge is 0.410 e. The Balaban J connectivity index is 1.31. The first-order valence-electron chi connectivity index (χ1n) is 13.0. The van der Waals surface area contributed by atoms with Crippen molar-refractivity contribution in [2.24, 2.45) is 0 Å². The molecule has 0 spiro atoms. The van der Waals surface area contributed by atoms with Gasteiger partial charge in [0.05, 0.1) is 11.4 Å². The molecule has 8 heteroatoms. The van der Waals surface area contributed by atoms with Crippen molar-refractivity contribution in [3.05, 3.63) is 106 Å². The van der Waals surface area contributed by atoms with Crippen LogP contribution in [0.3, 0.4) is 0 Å². The van der Waals surface area contributed by atoms with Gasteiger partial charge in [0.1, 0.15) is 12.4 Å². The average molecular weight is 630 g/mol. The highest BCUT2D eigenvalue weighted by Crippen LogP contribution is 2.33. The number of aromatic nitrogens is 3. The van der Waals surface area contributed by atoms with Crippen LogP contribution in [0.5, 0.6) is 0 Å². The summed E-state index contributed by atoms with van der Waals surface area (Å²) < 4.78 is 8.69. The maximum Gasteiger partial charge on any atom is 0.410 e. The van der Waals surface area contributed by atoms with Crippen molar-refractivity contribution in [2.75, 3.05) is 31.1 Å². The van der Waals surface area contributed by atoms with E-state index in [0.717, 1.165) is 48.7 Å². The number of aryl methyl sites for hydroxylation is 1. The second-order valence-corrected chi connectivity index (χ2v) is 10.8. The van der Waals surface area contributed by atoms with Crippen LogP contribution in [0.2, 0.25) is 0 Å². The minimum atomic E-state index is -0.278. The lowest BCUT2D eigenvalue weighted by Gasteiger charge is -2.35. The Labute approximate surface area is 241 Å². The van der Waals surface area contributed by atoms with E-state index < -0.39 is 0 Å². The van der Waals surface area contributed by atoms with Crippen LogP contribution in [-0.4, -0.2) is 51.8 Å². The fourth-order valence-electron chi connectivity index (χ4n) is 5.00. The van der Waals surface area contributed by atoms with E-state index in [1.807, 2.05) is 60.0 Å². The lowest BCUT2D eigenvalue weighted by molar-refractivity contribution is 0.0941. The molecule has 3 heterocycles. The summed E-state index contributed by atoms with van der Waals surface area (Å²) in [7, 11) is 0. The van der Waals surface area contributed by atoms with Gasteiger partial charge in [-0.3, -0.25) is 0 Å². The van der Waals surface area contributed by atoms with E-state index in [-0.39, 0.29) is 12.7 Å². The molecule has 5 aromatic rings. The van der Waals surface area contributed by atoms with Crippen molar-refractivity contribution in [2.45, 2.75) is 13.5 Å². The zero-order valence-corrected chi connectivity index (χ0v) is 23.8. The Kier molecular flexibility index (Phi) is 7.19. The SMILES string of the molecule is Cc1nn2c(N3CCN(C(=O)OCc4ccccc4)CC3)cc(-c3cccc(I)c3)nc2c1-c1ccccc1. The number of carbonyl (C=O) groups is 1. The molecule has 0 aliphatic carbocycles. The molecule has 1 saturated heterocycles. The molecule has 1 aliphatic heterocycles. The molecule has 0 N–H and O–H groups in total. The Morgan fingerprint density at radius 2 is 1.56 bits per heavy atom. The van der Waals surface area contributed by atoms with Crippen molar-refractivity contribution in [1.82, 2.24) is 19.5 Å². The minimum absolute atomic E-state index is 0.277. The standard InChI is InChI=1S/C31H28IN5O2/c1-22-29(24-11-6-3-7-12-24)30-33-27(25-13-8-14-26(32)19-25)20-28(37(30)34-22)35-15-17-36(18-16-35)31(38)39-21-23-9-4-2-5-10-23/h2-14,19-20H,15-18,21H2,1H3. The zero-order chi connectivity index (χ0) is 26.8. The maximum atomic E-state index is 12.8. The zero-order valence-electron chi connectivity index (χ0n) is 21.6. The molecule has 7 nitrogen and oxygen atoms in total. The van der Waals surface area contributed by atoms with Gasteiger partial charge in [-0.1, -0.05) is 72.8 Å². The third-order valence-electron chi connectivity index (χ3n) is 7.00. The number of ether oxygens (including phenoxy) is 1. The molecule has 1 aliphatic rings. The molecule has 0 saturated carbocycles. The third kappa shape index (κ3) is 5.34. The predicted octanol–water partition coefficient (Wildman–Crippen LogP) is 6.44. The Morgan fingerprint density at radius 3 is 2.28 bits per heavy atom. The van der Waals surface area contributed by atoms with E-state index in [2.05, 4.69) is 70.0 Å². The quantitative estimate of drug-likeness (QED) is 0.210. The highest BCUT2D eigenvalue weighted by Gasteiger charge is 2.26. The summed E-state index contributed by atoms with van der Waals surface area (Å²) >= 11 is 2.34. The van der Waals surface area contributed by atoms with Gasteiger partial charge < -0.3 is 14.5 Å². The van der Waals surface area contributed by atoms with Gasteiger partial charge in [-0.15, -0.1) is 0 Å². The fourth-order valence-corrected chi connectivity index (χ4v) is 5.54. The Hall–Kier alpha value is -3.92. The summed E-state index contributed by atoms with van der Waals surface area (Å²) in [6.07, 6.45) is -0.278. The highest BCUT2D eigenvalue weighted by atomic mass is 127. The summed E-state index contributed by atoms with van der Waals surface area (Å²) in [6, 6.07) is 30.6. The van der Waals surface area contributed by atoms with Crippen molar-refractivity contribution in [3.8, 4) is 22.4 Å². The predicted molar refractivity (Wildman–Crippen MR) is 162 cm³/mol. The van der Waals surface area contributed by atoms with Crippen molar-refractivity contribution >= 4 is 40.1 Å². The number of benzene rings is 3. The van der Waals surface area contributed by atoms with Crippen LogP contribution in [0.1, 0.15) is 11.3 Å². The van der Waals surface area contributed by atoms with E-state index in [0.29, 0.717) is 26.2 Å². The maximum absolute atomic E-state index is 12.8. The van der Waals surface area contributed by atoms with E-state index in [1.54, 1.807) is 4.90 Å². The number of halogens is 1. The van der Waals surface area contributed by atoms with Crippen LogP contribution in [0, 0.1) is 10.5 Å². The number of piperazine rings is 1. The normalized spacial score (nSPS) is 13.6. The molecule has 0 radical (unpaired) electrons. The number of hydrogen-bond acceptors (Lipinski definition) is 5. The Morgan fingerprint density at radius 1 is 0.872 bits per heavy atom. The average Bonchev–Trinajstić information content (AvgIpc) is 3.32. The van der Waals surface area contributed by atoms with Gasteiger partial charge >= 0.3 is 6.09 Å². The fraction of sp³-hybridized carbons (Fsp3) is 0.194. The van der Waals surface area contributed by atoms with Gasteiger partial charge in [0.2, 0.25) is 0 Å². The van der Waals surface area contributed by atoms with E-state index in [4.69, 9.17) is 14.8 Å². The topological polar surface area (TPSA) is 63.0 Å². The lowest BCUT2D eigenvalue weighted by Crippen LogP contribution is -2.49. The van der Waals surface area contributed by atoms with Crippen molar-refractivity contribution in [3.63, 3.8) is 0 Å². The number of amides is 1. The Bertz CT molecular complexity index is 1610. The van der Waals surface area contributed by atoms with Crippen LogP contribution in [0.25, 0.3) is 28.0 Å². The number of hydrogen-bond donors (Lipinski definition) is 0.